The Balaban J connectivity index is 0.000000967. The molecule has 0 saturated carbocycles. The zero-order valence-corrected chi connectivity index (χ0v) is 21.4. The van der Waals surface area contributed by atoms with Gasteiger partial charge in [0.15, 0.2) is 0 Å². The van der Waals surface area contributed by atoms with E-state index in [9.17, 15) is 5.11 Å². The smallest absolute Gasteiger partial charge is 0.226 e. The number of aromatic nitrogens is 1. The van der Waals surface area contributed by atoms with Gasteiger partial charge in [-0.2, -0.15) is 0 Å². The number of allylic oxidation sites excluding steroid dienone is 1. The van der Waals surface area contributed by atoms with E-state index in [0.29, 0.717) is 10.9 Å². The number of piperidine rings is 1. The first-order valence-corrected chi connectivity index (χ1v) is 12.8. The summed E-state index contributed by atoms with van der Waals surface area (Å²) in [6, 6.07) is 17.3. The Morgan fingerprint density at radius 1 is 1.11 bits per heavy atom. The third-order valence-electron chi connectivity index (χ3n) is 6.76. The van der Waals surface area contributed by atoms with E-state index in [2.05, 4.69) is 22.0 Å². The first kappa shape index (κ1) is 26.2. The van der Waals surface area contributed by atoms with Crippen LogP contribution in [0.5, 0.6) is 11.6 Å². The van der Waals surface area contributed by atoms with Crippen molar-refractivity contribution in [3.63, 3.8) is 0 Å². The molecule has 1 aromatic heterocycles. The van der Waals surface area contributed by atoms with Gasteiger partial charge in [-0.05, 0) is 73.7 Å². The Kier molecular flexibility index (Phi) is 8.64. The number of rotatable bonds is 4. The van der Waals surface area contributed by atoms with Crippen LogP contribution >= 0.6 is 11.6 Å². The van der Waals surface area contributed by atoms with Crippen molar-refractivity contribution in [1.29, 1.82) is 0 Å². The third-order valence-corrected chi connectivity index (χ3v) is 7.01. The molecule has 1 saturated heterocycles. The fourth-order valence-corrected chi connectivity index (χ4v) is 4.90. The van der Waals surface area contributed by atoms with E-state index in [0.717, 1.165) is 73.4 Å². The molecule has 6 nitrogen and oxygen atoms in total. The number of hydrogen-bond acceptors (Lipinski definition) is 6. The van der Waals surface area contributed by atoms with Crippen LogP contribution in [0, 0.1) is 0 Å². The van der Waals surface area contributed by atoms with E-state index < -0.39 is 5.60 Å². The average Bonchev–Trinajstić information content (AvgIpc) is 3.04. The van der Waals surface area contributed by atoms with E-state index in [1.165, 1.54) is 5.57 Å². The number of ether oxygens (including phenoxy) is 1. The van der Waals surface area contributed by atoms with Crippen LogP contribution in [0.25, 0.3) is 5.57 Å². The van der Waals surface area contributed by atoms with Crippen molar-refractivity contribution in [2.45, 2.75) is 38.2 Å². The van der Waals surface area contributed by atoms with Crippen LogP contribution in [0.2, 0.25) is 5.02 Å². The zero-order valence-electron chi connectivity index (χ0n) is 20.7. The van der Waals surface area contributed by atoms with E-state index in [1.807, 2.05) is 48.5 Å². The number of nitrogens with two attached hydrogens (primary N) is 1. The SMILES string of the molecule is CCO.Nc1cccc2c1CC(=CCCN1CCC(O)(c3ccc(Cl)cc3)CC1)c1cccnc1O2. The molecule has 2 aliphatic rings. The van der Waals surface area contributed by atoms with Gasteiger partial charge in [0.1, 0.15) is 5.75 Å². The molecule has 36 heavy (non-hydrogen) atoms. The fraction of sp³-hybridized carbons (Fsp3) is 0.345. The van der Waals surface area contributed by atoms with Crippen molar-refractivity contribution in [3.8, 4) is 11.6 Å². The Morgan fingerprint density at radius 3 is 2.56 bits per heavy atom. The quantitative estimate of drug-likeness (QED) is 0.408. The number of nitrogen functional groups attached to an aromatic ring is 1. The minimum atomic E-state index is -0.774. The largest absolute Gasteiger partial charge is 0.438 e. The number of halogens is 1. The van der Waals surface area contributed by atoms with Gasteiger partial charge < -0.3 is 25.6 Å². The summed E-state index contributed by atoms with van der Waals surface area (Å²) in [5.74, 6) is 1.40. The second-order valence-electron chi connectivity index (χ2n) is 9.17. The number of likely N-dealkylation sites (tertiary alicyclic amines) is 1. The first-order chi connectivity index (χ1) is 17.4. The average molecular weight is 508 g/mol. The number of fused-ring (bicyclic) bond motifs is 2. The molecule has 1 fully saturated rings. The van der Waals surface area contributed by atoms with Crippen molar-refractivity contribution in [2.75, 3.05) is 32.0 Å². The predicted octanol–water partition coefficient (Wildman–Crippen LogP) is 5.42. The first-order valence-electron chi connectivity index (χ1n) is 12.4. The highest BCUT2D eigenvalue weighted by atomic mass is 35.5. The van der Waals surface area contributed by atoms with Crippen LogP contribution in [0.3, 0.4) is 0 Å². The number of pyridine rings is 1. The maximum Gasteiger partial charge on any atom is 0.226 e. The lowest BCUT2D eigenvalue weighted by molar-refractivity contribution is -0.0254. The summed E-state index contributed by atoms with van der Waals surface area (Å²) in [4.78, 5) is 6.87. The summed E-state index contributed by atoms with van der Waals surface area (Å²) < 4.78 is 6.10. The van der Waals surface area contributed by atoms with Gasteiger partial charge in [-0.25, -0.2) is 4.98 Å². The normalized spacial score (nSPS) is 17.7. The summed E-state index contributed by atoms with van der Waals surface area (Å²) in [5.41, 5.74) is 10.4. The summed E-state index contributed by atoms with van der Waals surface area (Å²) in [7, 11) is 0. The van der Waals surface area contributed by atoms with E-state index in [1.54, 1.807) is 13.1 Å². The lowest BCUT2D eigenvalue weighted by Crippen LogP contribution is -2.42. The highest BCUT2D eigenvalue weighted by Crippen LogP contribution is 2.40. The molecule has 2 aromatic carbocycles. The van der Waals surface area contributed by atoms with Gasteiger partial charge in [0.2, 0.25) is 5.88 Å². The minimum Gasteiger partial charge on any atom is -0.438 e. The summed E-state index contributed by atoms with van der Waals surface area (Å²) in [6.45, 7) is 4.59. The van der Waals surface area contributed by atoms with Gasteiger partial charge in [0, 0.05) is 60.7 Å². The van der Waals surface area contributed by atoms with Gasteiger partial charge >= 0.3 is 0 Å². The zero-order chi connectivity index (χ0) is 25.5. The van der Waals surface area contributed by atoms with Crippen LogP contribution in [0.4, 0.5) is 5.69 Å². The van der Waals surface area contributed by atoms with Crippen LogP contribution in [-0.4, -0.2) is 46.3 Å². The molecule has 0 unspecified atom stereocenters. The Hall–Kier alpha value is -2.90. The molecule has 4 N–H and O–H groups in total. The van der Waals surface area contributed by atoms with Crippen LogP contribution in [0.1, 0.15) is 42.9 Å². The molecule has 0 aliphatic carbocycles. The van der Waals surface area contributed by atoms with Gasteiger partial charge in [-0.15, -0.1) is 0 Å². The molecule has 0 spiro atoms. The predicted molar refractivity (Wildman–Crippen MR) is 145 cm³/mol. The number of aliphatic hydroxyl groups excluding tert-OH is 1. The highest BCUT2D eigenvalue weighted by molar-refractivity contribution is 6.30. The lowest BCUT2D eigenvalue weighted by atomic mass is 9.84. The molecule has 0 amide bonds. The molecule has 0 atom stereocenters. The van der Waals surface area contributed by atoms with Gasteiger partial charge in [0.25, 0.3) is 0 Å². The van der Waals surface area contributed by atoms with Crippen molar-refractivity contribution in [1.82, 2.24) is 9.88 Å². The summed E-state index contributed by atoms with van der Waals surface area (Å²) >= 11 is 6.00. The third kappa shape index (κ3) is 6.08. The van der Waals surface area contributed by atoms with Crippen LogP contribution in [-0.2, 0) is 12.0 Å². The topological polar surface area (TPSA) is 91.8 Å². The molecule has 5 rings (SSSR count). The van der Waals surface area contributed by atoms with Gasteiger partial charge in [-0.3, -0.25) is 0 Å². The highest BCUT2D eigenvalue weighted by Gasteiger charge is 2.33. The number of nitrogens with zero attached hydrogens (tertiary/aromatic N) is 2. The van der Waals surface area contributed by atoms with Crippen molar-refractivity contribution in [3.05, 3.63) is 88.6 Å². The molecular formula is C29H34ClN3O3. The number of benzene rings is 2. The van der Waals surface area contributed by atoms with E-state index >= 15 is 0 Å². The Labute approximate surface area is 218 Å². The second kappa shape index (κ2) is 11.9. The monoisotopic (exact) mass is 507 g/mol. The Morgan fingerprint density at radius 2 is 1.83 bits per heavy atom. The maximum absolute atomic E-state index is 11.1. The van der Waals surface area contributed by atoms with Crippen LogP contribution in [0.15, 0.2) is 66.9 Å². The molecule has 7 heteroatoms. The molecule has 0 radical (unpaired) electrons. The summed E-state index contributed by atoms with van der Waals surface area (Å²) in [5, 5.41) is 19.4. The number of aliphatic hydroxyl groups is 2. The van der Waals surface area contributed by atoms with Crippen molar-refractivity contribution in [2.24, 2.45) is 0 Å². The molecule has 3 aromatic rings. The van der Waals surface area contributed by atoms with E-state index in [-0.39, 0.29) is 6.61 Å². The van der Waals surface area contributed by atoms with Crippen molar-refractivity contribution >= 4 is 22.9 Å². The standard InChI is InChI=1S/C27H28ClN3O2.C2H6O/c28-21-10-8-20(9-11-21)27(32)12-16-31(17-13-27)15-3-4-19-18-23-24(29)6-1-7-25(23)33-26-22(19)5-2-14-30-26;1-2-3/h1-2,4-11,14,32H,3,12-13,15-18,29H2;3H,2H2,1H3. The summed E-state index contributed by atoms with van der Waals surface area (Å²) in [6.07, 6.45) is 7.10. The molecule has 0 bridgehead atoms. The van der Waals surface area contributed by atoms with E-state index in [4.69, 9.17) is 27.2 Å². The maximum atomic E-state index is 11.1. The van der Waals surface area contributed by atoms with Crippen molar-refractivity contribution < 1.29 is 14.9 Å². The molecular weight excluding hydrogens is 474 g/mol. The van der Waals surface area contributed by atoms with Crippen LogP contribution < -0.4 is 10.5 Å². The molecule has 190 valence electrons. The molecule has 2 aliphatic heterocycles. The minimum absolute atomic E-state index is 0.250. The van der Waals surface area contributed by atoms with Gasteiger partial charge in [-0.1, -0.05) is 35.9 Å². The van der Waals surface area contributed by atoms with Gasteiger partial charge in [0.05, 0.1) is 5.60 Å². The molecule has 3 heterocycles. The number of hydrogen-bond donors (Lipinski definition) is 3. The second-order valence-corrected chi connectivity index (χ2v) is 9.61. The fourth-order valence-electron chi connectivity index (χ4n) is 4.77. The number of anilines is 1. The Bertz CT molecular complexity index is 1190. The lowest BCUT2D eigenvalue weighted by Gasteiger charge is -2.38.